The molecular weight excluding hydrogens is 300 g/mol. The SMILES string of the molecule is Cc1cccc(C(=O)Nc2ncc(Br)s2)c1C. The average molecular weight is 311 g/mol. The second kappa shape index (κ2) is 4.98. The molecule has 0 fully saturated rings. The Balaban J connectivity index is 2.23. The molecule has 0 aliphatic carbocycles. The van der Waals surface area contributed by atoms with Crippen LogP contribution in [-0.2, 0) is 0 Å². The highest BCUT2D eigenvalue weighted by molar-refractivity contribution is 9.11. The van der Waals surface area contributed by atoms with Crippen molar-refractivity contribution in [3.05, 3.63) is 44.9 Å². The van der Waals surface area contributed by atoms with Gasteiger partial charge < -0.3 is 0 Å². The van der Waals surface area contributed by atoms with E-state index in [1.807, 2.05) is 32.0 Å². The van der Waals surface area contributed by atoms with E-state index in [1.165, 1.54) is 11.3 Å². The first kappa shape index (κ1) is 12.3. The van der Waals surface area contributed by atoms with Gasteiger partial charge in [-0.25, -0.2) is 4.98 Å². The van der Waals surface area contributed by atoms with Gasteiger partial charge in [0.15, 0.2) is 5.13 Å². The number of halogens is 1. The molecule has 17 heavy (non-hydrogen) atoms. The van der Waals surface area contributed by atoms with E-state index in [9.17, 15) is 4.79 Å². The fourth-order valence-electron chi connectivity index (χ4n) is 1.47. The van der Waals surface area contributed by atoms with E-state index >= 15 is 0 Å². The zero-order valence-corrected chi connectivity index (χ0v) is 11.9. The van der Waals surface area contributed by atoms with Crippen LogP contribution in [0.4, 0.5) is 5.13 Å². The van der Waals surface area contributed by atoms with E-state index < -0.39 is 0 Å². The number of anilines is 1. The Morgan fingerprint density at radius 1 is 1.41 bits per heavy atom. The van der Waals surface area contributed by atoms with E-state index in [2.05, 4.69) is 26.2 Å². The minimum Gasteiger partial charge on any atom is -0.298 e. The first-order valence-corrected chi connectivity index (χ1v) is 6.68. The van der Waals surface area contributed by atoms with Gasteiger partial charge in [-0.3, -0.25) is 10.1 Å². The van der Waals surface area contributed by atoms with Crippen molar-refractivity contribution >= 4 is 38.3 Å². The quantitative estimate of drug-likeness (QED) is 0.917. The van der Waals surface area contributed by atoms with Gasteiger partial charge in [0.25, 0.3) is 5.91 Å². The molecule has 0 atom stereocenters. The third-order valence-corrected chi connectivity index (χ3v) is 3.94. The molecule has 0 bridgehead atoms. The number of hydrogen-bond donors (Lipinski definition) is 1. The molecule has 0 saturated heterocycles. The molecular formula is C12H11BrN2OS. The van der Waals surface area contributed by atoms with Crippen LogP contribution in [0.15, 0.2) is 28.2 Å². The molecule has 2 aromatic rings. The molecule has 0 saturated carbocycles. The Morgan fingerprint density at radius 2 is 2.18 bits per heavy atom. The lowest BCUT2D eigenvalue weighted by atomic mass is 10.0. The minimum atomic E-state index is -0.118. The highest BCUT2D eigenvalue weighted by atomic mass is 79.9. The number of nitrogens with zero attached hydrogens (tertiary/aromatic N) is 1. The number of thiazole rings is 1. The molecule has 0 spiro atoms. The number of rotatable bonds is 2. The lowest BCUT2D eigenvalue weighted by Crippen LogP contribution is -2.13. The summed E-state index contributed by atoms with van der Waals surface area (Å²) in [6.45, 7) is 3.94. The van der Waals surface area contributed by atoms with Crippen LogP contribution in [0, 0.1) is 13.8 Å². The maximum atomic E-state index is 12.0. The summed E-state index contributed by atoms with van der Waals surface area (Å²) in [7, 11) is 0. The number of benzene rings is 1. The lowest BCUT2D eigenvalue weighted by Gasteiger charge is -2.07. The highest BCUT2D eigenvalue weighted by Crippen LogP contribution is 2.24. The number of carbonyl (C=O) groups is 1. The maximum absolute atomic E-state index is 12.0. The molecule has 1 amide bonds. The molecule has 88 valence electrons. The van der Waals surface area contributed by atoms with Gasteiger partial charge in [-0.05, 0) is 47.0 Å². The largest absolute Gasteiger partial charge is 0.298 e. The Bertz CT molecular complexity index is 565. The summed E-state index contributed by atoms with van der Waals surface area (Å²) in [6.07, 6.45) is 1.67. The molecule has 3 nitrogen and oxygen atoms in total. The minimum absolute atomic E-state index is 0.118. The van der Waals surface area contributed by atoms with Gasteiger partial charge in [0.1, 0.15) is 0 Å². The number of hydrogen-bond acceptors (Lipinski definition) is 3. The third kappa shape index (κ3) is 2.73. The van der Waals surface area contributed by atoms with Gasteiger partial charge in [-0.15, -0.1) is 0 Å². The Kier molecular flexibility index (Phi) is 3.59. The molecule has 2 rings (SSSR count). The summed E-state index contributed by atoms with van der Waals surface area (Å²) in [5, 5.41) is 3.39. The Hall–Kier alpha value is -1.20. The molecule has 0 unspecified atom stereocenters. The summed E-state index contributed by atoms with van der Waals surface area (Å²) in [6, 6.07) is 5.70. The molecule has 5 heteroatoms. The van der Waals surface area contributed by atoms with Crippen LogP contribution in [0.25, 0.3) is 0 Å². The Labute approximate surface area is 112 Å². The molecule has 1 N–H and O–H groups in total. The summed E-state index contributed by atoms with van der Waals surface area (Å²) in [5.41, 5.74) is 2.80. The third-order valence-electron chi connectivity index (χ3n) is 2.55. The number of carbonyl (C=O) groups excluding carboxylic acids is 1. The van der Waals surface area contributed by atoms with Gasteiger partial charge in [-0.1, -0.05) is 23.5 Å². The van der Waals surface area contributed by atoms with E-state index in [0.717, 1.165) is 14.9 Å². The van der Waals surface area contributed by atoms with Gasteiger partial charge in [0, 0.05) is 5.56 Å². The van der Waals surface area contributed by atoms with Crippen molar-refractivity contribution in [2.24, 2.45) is 0 Å². The van der Waals surface area contributed by atoms with Crippen LogP contribution in [0.2, 0.25) is 0 Å². The van der Waals surface area contributed by atoms with Crippen molar-refractivity contribution in [1.82, 2.24) is 4.98 Å². The van der Waals surface area contributed by atoms with Crippen LogP contribution >= 0.6 is 27.3 Å². The Morgan fingerprint density at radius 3 is 2.82 bits per heavy atom. The van der Waals surface area contributed by atoms with E-state index in [0.29, 0.717) is 10.7 Å². The zero-order valence-electron chi connectivity index (χ0n) is 9.45. The molecule has 1 aromatic carbocycles. The van der Waals surface area contributed by atoms with E-state index in [1.54, 1.807) is 6.20 Å². The predicted molar refractivity (Wildman–Crippen MR) is 73.7 cm³/mol. The molecule has 0 radical (unpaired) electrons. The zero-order chi connectivity index (χ0) is 12.4. The predicted octanol–water partition coefficient (Wildman–Crippen LogP) is 3.77. The topological polar surface area (TPSA) is 42.0 Å². The van der Waals surface area contributed by atoms with Crippen LogP contribution in [-0.4, -0.2) is 10.9 Å². The summed E-state index contributed by atoms with van der Waals surface area (Å²) in [4.78, 5) is 16.1. The fraction of sp³-hybridized carbons (Fsp3) is 0.167. The first-order chi connectivity index (χ1) is 8.08. The monoisotopic (exact) mass is 310 g/mol. The number of nitrogens with one attached hydrogen (secondary N) is 1. The van der Waals surface area contributed by atoms with Crippen molar-refractivity contribution in [2.75, 3.05) is 5.32 Å². The molecule has 0 aliphatic heterocycles. The first-order valence-electron chi connectivity index (χ1n) is 5.07. The van der Waals surface area contributed by atoms with Gasteiger partial charge >= 0.3 is 0 Å². The van der Waals surface area contributed by atoms with Crippen LogP contribution in [0.1, 0.15) is 21.5 Å². The molecule has 1 heterocycles. The van der Waals surface area contributed by atoms with Crippen molar-refractivity contribution in [3.63, 3.8) is 0 Å². The van der Waals surface area contributed by atoms with Gasteiger partial charge in [0.05, 0.1) is 9.98 Å². The van der Waals surface area contributed by atoms with Crippen molar-refractivity contribution in [2.45, 2.75) is 13.8 Å². The number of amides is 1. The van der Waals surface area contributed by atoms with Crippen molar-refractivity contribution in [1.29, 1.82) is 0 Å². The second-order valence-corrected chi connectivity index (χ2v) is 6.08. The average Bonchev–Trinajstić information content (AvgIpc) is 2.68. The summed E-state index contributed by atoms with van der Waals surface area (Å²) >= 11 is 4.70. The van der Waals surface area contributed by atoms with Gasteiger partial charge in [0.2, 0.25) is 0 Å². The molecule has 0 aliphatic rings. The van der Waals surface area contributed by atoms with E-state index in [-0.39, 0.29) is 5.91 Å². The summed E-state index contributed by atoms with van der Waals surface area (Å²) in [5.74, 6) is -0.118. The smallest absolute Gasteiger partial charge is 0.257 e. The van der Waals surface area contributed by atoms with Crippen LogP contribution in [0.5, 0.6) is 0 Å². The molecule has 1 aromatic heterocycles. The van der Waals surface area contributed by atoms with Gasteiger partial charge in [-0.2, -0.15) is 0 Å². The van der Waals surface area contributed by atoms with Crippen molar-refractivity contribution < 1.29 is 4.79 Å². The summed E-state index contributed by atoms with van der Waals surface area (Å²) < 4.78 is 0.897. The normalized spacial score (nSPS) is 10.3. The number of aryl methyl sites for hydroxylation is 1. The second-order valence-electron chi connectivity index (χ2n) is 3.67. The van der Waals surface area contributed by atoms with E-state index in [4.69, 9.17) is 0 Å². The fourth-order valence-corrected chi connectivity index (χ4v) is 2.58. The van der Waals surface area contributed by atoms with Crippen LogP contribution < -0.4 is 5.32 Å². The maximum Gasteiger partial charge on any atom is 0.257 e. The van der Waals surface area contributed by atoms with Crippen LogP contribution in [0.3, 0.4) is 0 Å². The standard InChI is InChI=1S/C12H11BrN2OS/c1-7-4-3-5-9(8(7)2)11(16)15-12-14-6-10(13)17-12/h3-6H,1-2H3,(H,14,15,16). The highest BCUT2D eigenvalue weighted by Gasteiger charge is 2.11. The van der Waals surface area contributed by atoms with Crippen molar-refractivity contribution in [3.8, 4) is 0 Å². The number of aromatic nitrogens is 1. The lowest BCUT2D eigenvalue weighted by molar-refractivity contribution is 0.102.